The quantitative estimate of drug-likeness (QED) is 0.885. The molecule has 0 bridgehead atoms. The van der Waals surface area contributed by atoms with E-state index in [-0.39, 0.29) is 12.5 Å². The highest BCUT2D eigenvalue weighted by Crippen LogP contribution is 2.28. The Balaban J connectivity index is 2.13. The minimum absolute atomic E-state index is 0.0107. The number of carbonyl (C=O) groups excluding carboxylic acids is 1. The highest BCUT2D eigenvalue weighted by Gasteiger charge is 2.33. The van der Waals surface area contributed by atoms with Gasteiger partial charge in [0.1, 0.15) is 0 Å². The molecule has 0 aliphatic heterocycles. The van der Waals surface area contributed by atoms with Gasteiger partial charge in [0.05, 0.1) is 22.7 Å². The zero-order chi connectivity index (χ0) is 13.0. The molecule has 1 aliphatic carbocycles. The molecule has 0 heterocycles. The monoisotopic (exact) mass is 267 g/mol. The van der Waals surface area contributed by atoms with Crippen LogP contribution in [0, 0.1) is 0 Å². The van der Waals surface area contributed by atoms with Gasteiger partial charge in [-0.25, -0.2) is 0 Å². The Kier molecular flexibility index (Phi) is 4.25. The van der Waals surface area contributed by atoms with E-state index in [9.17, 15) is 9.90 Å². The van der Waals surface area contributed by atoms with Crippen molar-refractivity contribution in [2.75, 3.05) is 6.61 Å². The average molecular weight is 268 g/mol. The fourth-order valence-corrected chi connectivity index (χ4v) is 2.73. The fraction of sp³-hybridized carbons (Fsp3) is 0.500. The normalized spacial score (nSPS) is 18.3. The molecule has 0 saturated heterocycles. The van der Waals surface area contributed by atoms with Gasteiger partial charge in [0.15, 0.2) is 0 Å². The first-order chi connectivity index (χ1) is 8.67. The van der Waals surface area contributed by atoms with E-state index in [1.807, 2.05) is 0 Å². The molecule has 1 fully saturated rings. The summed E-state index contributed by atoms with van der Waals surface area (Å²) in [4.78, 5) is 12.2. The van der Waals surface area contributed by atoms with E-state index in [1.165, 1.54) is 6.42 Å². The molecule has 98 valence electrons. The number of benzene rings is 1. The maximum atomic E-state index is 12.2. The van der Waals surface area contributed by atoms with Crippen LogP contribution in [0.1, 0.15) is 42.5 Å². The molecule has 0 unspecified atom stereocenters. The molecule has 0 atom stereocenters. The lowest BCUT2D eigenvalue weighted by Crippen LogP contribution is -2.52. The largest absolute Gasteiger partial charge is 0.394 e. The van der Waals surface area contributed by atoms with E-state index in [1.54, 1.807) is 24.3 Å². The molecule has 1 aromatic rings. The second-order valence-corrected chi connectivity index (χ2v) is 5.34. The van der Waals surface area contributed by atoms with Crippen LogP contribution in [-0.2, 0) is 0 Å². The van der Waals surface area contributed by atoms with Gasteiger partial charge < -0.3 is 10.4 Å². The van der Waals surface area contributed by atoms with Crippen molar-refractivity contribution in [1.82, 2.24) is 5.32 Å². The van der Waals surface area contributed by atoms with Gasteiger partial charge >= 0.3 is 0 Å². The standard InChI is InChI=1S/C14H18ClNO2/c15-12-7-3-2-6-11(12)13(18)16-14(10-17)8-4-1-5-9-14/h2-3,6-7,17H,1,4-5,8-10H2,(H,16,18). The molecule has 1 aromatic carbocycles. The Hall–Kier alpha value is -1.06. The minimum Gasteiger partial charge on any atom is -0.394 e. The second-order valence-electron chi connectivity index (χ2n) is 4.93. The van der Waals surface area contributed by atoms with Crippen molar-refractivity contribution in [2.24, 2.45) is 0 Å². The summed E-state index contributed by atoms with van der Waals surface area (Å²) in [6.07, 6.45) is 4.93. The zero-order valence-electron chi connectivity index (χ0n) is 10.3. The van der Waals surface area contributed by atoms with Crippen LogP contribution in [0.2, 0.25) is 5.02 Å². The summed E-state index contributed by atoms with van der Waals surface area (Å²) in [6, 6.07) is 6.98. The number of hydrogen-bond donors (Lipinski definition) is 2. The molecule has 4 heteroatoms. The first-order valence-corrected chi connectivity index (χ1v) is 6.73. The number of amides is 1. The predicted octanol–water partition coefficient (Wildman–Crippen LogP) is 2.77. The summed E-state index contributed by atoms with van der Waals surface area (Å²) in [7, 11) is 0. The molecule has 1 aliphatic rings. The topological polar surface area (TPSA) is 49.3 Å². The summed E-state index contributed by atoms with van der Waals surface area (Å²) in [6.45, 7) is -0.0107. The molecule has 18 heavy (non-hydrogen) atoms. The van der Waals surface area contributed by atoms with Crippen LogP contribution in [0.4, 0.5) is 0 Å². The van der Waals surface area contributed by atoms with Gasteiger partial charge in [0.2, 0.25) is 0 Å². The molecular weight excluding hydrogens is 250 g/mol. The molecule has 0 spiro atoms. The van der Waals surface area contributed by atoms with E-state index in [0.717, 1.165) is 25.7 Å². The third-order valence-electron chi connectivity index (χ3n) is 3.61. The summed E-state index contributed by atoms with van der Waals surface area (Å²) >= 11 is 6.00. The molecule has 0 aromatic heterocycles. The van der Waals surface area contributed by atoms with Crippen LogP contribution in [0.3, 0.4) is 0 Å². The van der Waals surface area contributed by atoms with Gasteiger partial charge in [-0.3, -0.25) is 4.79 Å². The number of halogens is 1. The molecule has 2 rings (SSSR count). The van der Waals surface area contributed by atoms with Crippen molar-refractivity contribution in [3.05, 3.63) is 34.9 Å². The maximum absolute atomic E-state index is 12.2. The smallest absolute Gasteiger partial charge is 0.253 e. The third-order valence-corrected chi connectivity index (χ3v) is 3.94. The molecular formula is C14H18ClNO2. The Labute approximate surface area is 112 Å². The molecule has 3 nitrogen and oxygen atoms in total. The van der Waals surface area contributed by atoms with Gasteiger partial charge in [0, 0.05) is 0 Å². The van der Waals surface area contributed by atoms with Crippen LogP contribution in [0.15, 0.2) is 24.3 Å². The molecule has 0 radical (unpaired) electrons. The molecule has 2 N–H and O–H groups in total. The van der Waals surface area contributed by atoms with Crippen molar-refractivity contribution in [2.45, 2.75) is 37.6 Å². The number of rotatable bonds is 3. The van der Waals surface area contributed by atoms with Crippen LogP contribution < -0.4 is 5.32 Å². The number of nitrogens with one attached hydrogen (secondary N) is 1. The SMILES string of the molecule is O=C(NC1(CO)CCCCC1)c1ccccc1Cl. The second kappa shape index (κ2) is 5.72. The lowest BCUT2D eigenvalue weighted by Gasteiger charge is -2.36. The van der Waals surface area contributed by atoms with E-state index in [4.69, 9.17) is 11.6 Å². The Bertz CT molecular complexity index is 428. The summed E-state index contributed by atoms with van der Waals surface area (Å²) in [5.41, 5.74) is 0.00618. The van der Waals surface area contributed by atoms with Crippen LogP contribution in [0.5, 0.6) is 0 Å². The highest BCUT2D eigenvalue weighted by atomic mass is 35.5. The number of carbonyl (C=O) groups is 1. The van der Waals surface area contributed by atoms with E-state index in [2.05, 4.69) is 5.32 Å². The van der Waals surface area contributed by atoms with Gasteiger partial charge in [0.25, 0.3) is 5.91 Å². The Morgan fingerprint density at radius 1 is 1.28 bits per heavy atom. The predicted molar refractivity (Wildman–Crippen MR) is 71.8 cm³/mol. The third kappa shape index (κ3) is 2.85. The summed E-state index contributed by atoms with van der Waals surface area (Å²) < 4.78 is 0. The van der Waals surface area contributed by atoms with Gasteiger partial charge in [-0.15, -0.1) is 0 Å². The fourth-order valence-electron chi connectivity index (χ4n) is 2.50. The minimum atomic E-state index is -0.464. The summed E-state index contributed by atoms with van der Waals surface area (Å²) in [5, 5.41) is 13.0. The van der Waals surface area contributed by atoms with Crippen molar-refractivity contribution in [1.29, 1.82) is 0 Å². The Morgan fingerprint density at radius 3 is 2.56 bits per heavy atom. The van der Waals surface area contributed by atoms with Crippen molar-refractivity contribution >= 4 is 17.5 Å². The maximum Gasteiger partial charge on any atom is 0.253 e. The number of aliphatic hydroxyl groups is 1. The zero-order valence-corrected chi connectivity index (χ0v) is 11.0. The van der Waals surface area contributed by atoms with Crippen molar-refractivity contribution < 1.29 is 9.90 Å². The summed E-state index contributed by atoms with van der Waals surface area (Å²) in [5.74, 6) is -0.198. The number of aliphatic hydroxyl groups excluding tert-OH is 1. The lowest BCUT2D eigenvalue weighted by atomic mass is 9.82. The van der Waals surface area contributed by atoms with Gasteiger partial charge in [-0.1, -0.05) is 43.0 Å². The van der Waals surface area contributed by atoms with E-state index in [0.29, 0.717) is 10.6 Å². The van der Waals surface area contributed by atoms with Crippen LogP contribution in [0.25, 0.3) is 0 Å². The van der Waals surface area contributed by atoms with Crippen molar-refractivity contribution in [3.8, 4) is 0 Å². The van der Waals surface area contributed by atoms with Crippen LogP contribution in [-0.4, -0.2) is 23.2 Å². The van der Waals surface area contributed by atoms with Gasteiger partial charge in [-0.05, 0) is 25.0 Å². The molecule has 1 saturated carbocycles. The highest BCUT2D eigenvalue weighted by molar-refractivity contribution is 6.33. The first-order valence-electron chi connectivity index (χ1n) is 6.35. The van der Waals surface area contributed by atoms with Crippen molar-refractivity contribution in [3.63, 3.8) is 0 Å². The van der Waals surface area contributed by atoms with E-state index < -0.39 is 5.54 Å². The number of hydrogen-bond acceptors (Lipinski definition) is 2. The lowest BCUT2D eigenvalue weighted by molar-refractivity contribution is 0.0759. The first kappa shape index (κ1) is 13.4. The van der Waals surface area contributed by atoms with E-state index >= 15 is 0 Å². The molecule has 1 amide bonds. The Morgan fingerprint density at radius 2 is 1.94 bits per heavy atom. The van der Waals surface area contributed by atoms with Crippen LogP contribution >= 0.6 is 11.6 Å². The van der Waals surface area contributed by atoms with Gasteiger partial charge in [-0.2, -0.15) is 0 Å². The average Bonchev–Trinajstić information content (AvgIpc) is 2.40.